The van der Waals surface area contributed by atoms with Gasteiger partial charge in [0, 0.05) is 50.5 Å². The molecule has 1 aromatic heterocycles. The zero-order chi connectivity index (χ0) is 13.7. The first kappa shape index (κ1) is 13.9. The van der Waals surface area contributed by atoms with Crippen LogP contribution in [-0.2, 0) is 6.54 Å². The summed E-state index contributed by atoms with van der Waals surface area (Å²) >= 11 is 0. The van der Waals surface area contributed by atoms with Crippen molar-refractivity contribution in [3.05, 3.63) is 29.6 Å². The standard InChI is InChI=1S/C14H21N5/c1-18-6-7-19(2)13(11-18)10-16-9-12-4-3-5-17-14(12)8-15/h3-5,13,16H,6-7,9-11H2,1-2H3. The summed E-state index contributed by atoms with van der Waals surface area (Å²) in [6, 6.07) is 6.49. The van der Waals surface area contributed by atoms with Crippen molar-refractivity contribution < 1.29 is 0 Å². The first-order valence-corrected chi connectivity index (χ1v) is 6.64. The van der Waals surface area contributed by atoms with Gasteiger partial charge >= 0.3 is 0 Å². The molecule has 0 radical (unpaired) electrons. The van der Waals surface area contributed by atoms with Gasteiger partial charge in [-0.05, 0) is 20.2 Å². The number of hydrogen-bond acceptors (Lipinski definition) is 5. The van der Waals surface area contributed by atoms with Crippen LogP contribution < -0.4 is 5.32 Å². The molecular weight excluding hydrogens is 238 g/mol. The molecule has 0 aromatic carbocycles. The number of pyridine rings is 1. The Kier molecular flexibility index (Phi) is 4.86. The van der Waals surface area contributed by atoms with Gasteiger partial charge < -0.3 is 10.2 Å². The van der Waals surface area contributed by atoms with E-state index in [1.54, 1.807) is 6.20 Å². The minimum absolute atomic E-state index is 0.518. The average molecular weight is 259 g/mol. The van der Waals surface area contributed by atoms with Crippen LogP contribution in [0.5, 0.6) is 0 Å². The first-order valence-electron chi connectivity index (χ1n) is 6.64. The van der Waals surface area contributed by atoms with Crippen LogP contribution in [0, 0.1) is 11.3 Å². The van der Waals surface area contributed by atoms with E-state index >= 15 is 0 Å². The van der Waals surface area contributed by atoms with E-state index in [1.807, 2.05) is 12.1 Å². The molecule has 2 heterocycles. The zero-order valence-corrected chi connectivity index (χ0v) is 11.6. The quantitative estimate of drug-likeness (QED) is 0.842. The fraction of sp³-hybridized carbons (Fsp3) is 0.571. The predicted molar refractivity (Wildman–Crippen MR) is 74.6 cm³/mol. The summed E-state index contributed by atoms with van der Waals surface area (Å²) in [6.45, 7) is 4.96. The van der Waals surface area contributed by atoms with Crippen molar-refractivity contribution in [2.75, 3.05) is 40.3 Å². The lowest BCUT2D eigenvalue weighted by Gasteiger charge is -2.37. The Morgan fingerprint density at radius 2 is 2.32 bits per heavy atom. The summed E-state index contributed by atoms with van der Waals surface area (Å²) < 4.78 is 0. The Morgan fingerprint density at radius 1 is 1.47 bits per heavy atom. The maximum absolute atomic E-state index is 8.99. The van der Waals surface area contributed by atoms with E-state index in [4.69, 9.17) is 5.26 Å². The van der Waals surface area contributed by atoms with Gasteiger partial charge in [-0.2, -0.15) is 5.26 Å². The molecule has 0 spiro atoms. The van der Waals surface area contributed by atoms with E-state index in [2.05, 4.69) is 40.3 Å². The van der Waals surface area contributed by atoms with Gasteiger partial charge in [0.1, 0.15) is 11.8 Å². The van der Waals surface area contributed by atoms with E-state index in [0.29, 0.717) is 18.3 Å². The fourth-order valence-electron chi connectivity index (χ4n) is 2.38. The Hall–Kier alpha value is -1.48. The third-order valence-electron chi connectivity index (χ3n) is 3.67. The van der Waals surface area contributed by atoms with Gasteiger partial charge in [-0.25, -0.2) is 4.98 Å². The van der Waals surface area contributed by atoms with E-state index in [1.165, 1.54) is 0 Å². The molecule has 5 heteroatoms. The second-order valence-electron chi connectivity index (χ2n) is 5.15. The number of hydrogen-bond donors (Lipinski definition) is 1. The number of aromatic nitrogens is 1. The van der Waals surface area contributed by atoms with Crippen LogP contribution in [0.15, 0.2) is 18.3 Å². The first-order chi connectivity index (χ1) is 9.20. The van der Waals surface area contributed by atoms with Crippen LogP contribution in [0.3, 0.4) is 0 Å². The Labute approximate surface area is 114 Å². The molecule has 19 heavy (non-hydrogen) atoms. The van der Waals surface area contributed by atoms with Gasteiger partial charge in [0.15, 0.2) is 0 Å². The summed E-state index contributed by atoms with van der Waals surface area (Å²) in [4.78, 5) is 8.82. The summed E-state index contributed by atoms with van der Waals surface area (Å²) in [7, 11) is 4.33. The number of nitrogens with zero attached hydrogens (tertiary/aromatic N) is 4. The molecule has 0 saturated carbocycles. The highest BCUT2D eigenvalue weighted by molar-refractivity contribution is 5.30. The molecule has 2 rings (SSSR count). The van der Waals surface area contributed by atoms with Gasteiger partial charge in [0.2, 0.25) is 0 Å². The van der Waals surface area contributed by atoms with Crippen LogP contribution in [0.4, 0.5) is 0 Å². The molecule has 1 aliphatic rings. The fourth-order valence-corrected chi connectivity index (χ4v) is 2.38. The highest BCUT2D eigenvalue weighted by atomic mass is 15.3. The number of nitriles is 1. The SMILES string of the molecule is CN1CCN(C)C(CNCc2cccnc2C#N)C1. The van der Waals surface area contributed by atoms with Crippen LogP contribution in [0.25, 0.3) is 0 Å². The number of piperazine rings is 1. The summed E-state index contributed by atoms with van der Waals surface area (Å²) in [5.74, 6) is 0. The molecule has 1 atom stereocenters. The second-order valence-corrected chi connectivity index (χ2v) is 5.15. The third kappa shape index (κ3) is 3.74. The monoisotopic (exact) mass is 259 g/mol. The number of likely N-dealkylation sites (N-methyl/N-ethyl adjacent to an activating group) is 2. The third-order valence-corrected chi connectivity index (χ3v) is 3.67. The molecular formula is C14H21N5. The van der Waals surface area contributed by atoms with Crippen molar-refractivity contribution in [3.8, 4) is 6.07 Å². The molecule has 5 nitrogen and oxygen atoms in total. The summed E-state index contributed by atoms with van der Waals surface area (Å²) in [6.07, 6.45) is 1.66. The normalized spacial score (nSPS) is 21.2. The largest absolute Gasteiger partial charge is 0.311 e. The molecule has 0 aliphatic carbocycles. The average Bonchev–Trinajstić information content (AvgIpc) is 2.43. The van der Waals surface area contributed by atoms with Gasteiger partial charge in [0.05, 0.1) is 0 Å². The van der Waals surface area contributed by atoms with Crippen LogP contribution in [-0.4, -0.2) is 61.1 Å². The summed E-state index contributed by atoms with van der Waals surface area (Å²) in [5.41, 5.74) is 1.49. The highest BCUT2D eigenvalue weighted by Crippen LogP contribution is 2.06. The molecule has 0 amide bonds. The number of rotatable bonds is 4. The van der Waals surface area contributed by atoms with Crippen LogP contribution >= 0.6 is 0 Å². The Morgan fingerprint density at radius 3 is 3.11 bits per heavy atom. The minimum Gasteiger partial charge on any atom is -0.311 e. The molecule has 102 valence electrons. The van der Waals surface area contributed by atoms with Gasteiger partial charge in [-0.15, -0.1) is 0 Å². The maximum atomic E-state index is 8.99. The Balaban J connectivity index is 1.84. The van der Waals surface area contributed by atoms with Gasteiger partial charge in [-0.3, -0.25) is 4.90 Å². The van der Waals surface area contributed by atoms with Crippen LogP contribution in [0.1, 0.15) is 11.3 Å². The van der Waals surface area contributed by atoms with Crippen molar-refractivity contribution in [1.29, 1.82) is 5.26 Å². The van der Waals surface area contributed by atoms with Crippen molar-refractivity contribution in [2.45, 2.75) is 12.6 Å². The molecule has 1 aromatic rings. The molecule has 0 bridgehead atoms. The molecule has 1 fully saturated rings. The van der Waals surface area contributed by atoms with E-state index in [0.717, 1.165) is 31.7 Å². The smallest absolute Gasteiger partial charge is 0.144 e. The van der Waals surface area contributed by atoms with Crippen molar-refractivity contribution in [1.82, 2.24) is 20.1 Å². The predicted octanol–water partition coefficient (Wildman–Crippen LogP) is 0.289. The second kappa shape index (κ2) is 6.62. The van der Waals surface area contributed by atoms with Crippen LogP contribution in [0.2, 0.25) is 0 Å². The maximum Gasteiger partial charge on any atom is 0.144 e. The van der Waals surface area contributed by atoms with Crippen molar-refractivity contribution >= 4 is 0 Å². The van der Waals surface area contributed by atoms with Crippen molar-refractivity contribution in [3.63, 3.8) is 0 Å². The lowest BCUT2D eigenvalue weighted by Crippen LogP contribution is -2.53. The minimum atomic E-state index is 0.518. The van der Waals surface area contributed by atoms with E-state index in [9.17, 15) is 0 Å². The number of nitrogens with one attached hydrogen (secondary N) is 1. The van der Waals surface area contributed by atoms with Gasteiger partial charge in [0.25, 0.3) is 0 Å². The Bertz CT molecular complexity index is 453. The van der Waals surface area contributed by atoms with Gasteiger partial charge in [-0.1, -0.05) is 6.07 Å². The molecule has 1 aliphatic heterocycles. The topological polar surface area (TPSA) is 55.2 Å². The highest BCUT2D eigenvalue weighted by Gasteiger charge is 2.21. The molecule has 1 unspecified atom stereocenters. The lowest BCUT2D eigenvalue weighted by molar-refractivity contribution is 0.113. The van der Waals surface area contributed by atoms with E-state index in [-0.39, 0.29) is 0 Å². The molecule has 1 saturated heterocycles. The lowest BCUT2D eigenvalue weighted by atomic mass is 10.1. The molecule has 1 N–H and O–H groups in total. The van der Waals surface area contributed by atoms with Crippen molar-refractivity contribution in [2.24, 2.45) is 0 Å². The van der Waals surface area contributed by atoms with E-state index < -0.39 is 0 Å². The summed E-state index contributed by atoms with van der Waals surface area (Å²) in [5, 5.41) is 12.4. The zero-order valence-electron chi connectivity index (χ0n) is 11.6.